The molecule has 0 aromatic heterocycles. The molecule has 7 heavy (non-hydrogen) atoms. The van der Waals surface area contributed by atoms with E-state index in [-0.39, 0.29) is 5.78 Å². The van der Waals surface area contributed by atoms with Crippen LogP contribution in [0.1, 0.15) is 6.92 Å². The van der Waals surface area contributed by atoms with Crippen LogP contribution in [0.3, 0.4) is 0 Å². The first-order valence-corrected chi connectivity index (χ1v) is 2.86. The molecule has 0 heterocycles. The summed E-state index contributed by atoms with van der Waals surface area (Å²) < 4.78 is 1.79. The number of hydrogen-bond acceptors (Lipinski definition) is 2. The summed E-state index contributed by atoms with van der Waals surface area (Å²) in [6, 6.07) is 0. The summed E-state index contributed by atoms with van der Waals surface area (Å²) in [5.41, 5.74) is 0. The number of carbonyl (C=O) groups excluding carboxylic acids is 1. The van der Waals surface area contributed by atoms with Crippen LogP contribution in [0.4, 0.5) is 0 Å². The van der Waals surface area contributed by atoms with Crippen LogP contribution in [-0.2, 0) is 4.79 Å². The molecule has 2 nitrogen and oxygen atoms in total. The molecule has 0 N–H and O–H groups in total. The SMILES string of the molecule is CC(=O)CN(C)[As]. The summed E-state index contributed by atoms with van der Waals surface area (Å²) in [6.07, 6.45) is 0. The third-order valence-electron chi connectivity index (χ3n) is 0.451. The Balaban J connectivity index is 3.13. The molecule has 0 saturated carbocycles. The Bertz CT molecular complexity index is 72.1. The predicted octanol–water partition coefficient (Wildman–Crippen LogP) is -0.409. The molecule has 0 amide bonds. The van der Waals surface area contributed by atoms with Gasteiger partial charge in [-0.05, 0) is 0 Å². The predicted molar refractivity (Wildman–Crippen MR) is 29.1 cm³/mol. The zero-order valence-corrected chi connectivity index (χ0v) is 6.39. The van der Waals surface area contributed by atoms with Crippen molar-refractivity contribution in [1.29, 1.82) is 0 Å². The van der Waals surface area contributed by atoms with E-state index in [9.17, 15) is 4.79 Å². The summed E-state index contributed by atoms with van der Waals surface area (Å²) in [5, 5.41) is 0. The molecule has 0 aliphatic carbocycles. The number of rotatable bonds is 2. The van der Waals surface area contributed by atoms with Gasteiger partial charge in [0.15, 0.2) is 0 Å². The summed E-state index contributed by atoms with van der Waals surface area (Å²) in [4.78, 5) is 10.2. The average molecular weight is 161 g/mol. The fourth-order valence-electron chi connectivity index (χ4n) is 0.322. The monoisotopic (exact) mass is 161 g/mol. The number of carbonyl (C=O) groups is 1. The van der Waals surface area contributed by atoms with Crippen molar-refractivity contribution in [3.8, 4) is 0 Å². The average Bonchev–Trinajstić information content (AvgIpc) is 1.27. The molecule has 2 radical (unpaired) electrons. The van der Waals surface area contributed by atoms with Crippen LogP contribution in [0.25, 0.3) is 0 Å². The van der Waals surface area contributed by atoms with Crippen LogP contribution in [0.5, 0.6) is 0 Å². The van der Waals surface area contributed by atoms with Crippen molar-refractivity contribution in [2.75, 3.05) is 13.6 Å². The van der Waals surface area contributed by atoms with Crippen LogP contribution in [0.15, 0.2) is 0 Å². The summed E-state index contributed by atoms with van der Waals surface area (Å²) in [6.45, 7) is 2.10. The zero-order valence-electron chi connectivity index (χ0n) is 4.51. The first-order chi connectivity index (χ1) is 3.13. The van der Waals surface area contributed by atoms with E-state index >= 15 is 0 Å². The number of hydrogen-bond donors (Lipinski definition) is 0. The van der Waals surface area contributed by atoms with Gasteiger partial charge in [0.2, 0.25) is 0 Å². The van der Waals surface area contributed by atoms with E-state index in [1.807, 2.05) is 7.05 Å². The third kappa shape index (κ3) is 6.19. The van der Waals surface area contributed by atoms with Gasteiger partial charge in [-0.3, -0.25) is 0 Å². The standard InChI is InChI=1S/C4H8AsNO/c1-4(7)3-6(2)5/h3H2,1-2H3. The second-order valence-corrected chi connectivity index (χ2v) is 2.95. The number of likely N-dealkylation sites (N-methyl/N-ethyl adjacent to an activating group) is 1. The van der Waals surface area contributed by atoms with Crippen LogP contribution in [-0.4, -0.2) is 40.3 Å². The molecule has 0 bridgehead atoms. The molecule has 0 saturated heterocycles. The fourth-order valence-corrected chi connectivity index (χ4v) is 0.740. The number of nitrogens with zero attached hydrogens (tertiary/aromatic N) is 1. The molecule has 0 aliphatic rings. The fraction of sp³-hybridized carbons (Fsp3) is 0.750. The van der Waals surface area contributed by atoms with Gasteiger partial charge in [-0.2, -0.15) is 0 Å². The molecule has 0 aliphatic heterocycles. The van der Waals surface area contributed by atoms with Crippen molar-refractivity contribution in [2.24, 2.45) is 0 Å². The molecule has 0 fully saturated rings. The van der Waals surface area contributed by atoms with Gasteiger partial charge >= 0.3 is 52.0 Å². The topological polar surface area (TPSA) is 20.3 Å². The van der Waals surface area contributed by atoms with E-state index in [4.69, 9.17) is 0 Å². The first kappa shape index (κ1) is 7.19. The summed E-state index contributed by atoms with van der Waals surface area (Å²) in [7, 11) is 1.85. The van der Waals surface area contributed by atoms with Gasteiger partial charge in [0.25, 0.3) is 0 Å². The van der Waals surface area contributed by atoms with Gasteiger partial charge in [-0.1, -0.05) is 0 Å². The maximum atomic E-state index is 10.2. The molecule has 0 aromatic carbocycles. The van der Waals surface area contributed by atoms with Gasteiger partial charge in [-0.25, -0.2) is 0 Å². The second kappa shape index (κ2) is 3.22. The minimum absolute atomic E-state index is 0.197. The van der Waals surface area contributed by atoms with E-state index in [0.29, 0.717) is 6.54 Å². The van der Waals surface area contributed by atoms with Gasteiger partial charge in [0, 0.05) is 0 Å². The van der Waals surface area contributed by atoms with Crippen molar-refractivity contribution in [3.05, 3.63) is 0 Å². The molecule has 0 rings (SSSR count). The molecule has 40 valence electrons. The number of ketones is 1. The Morgan fingerprint density at radius 1 is 1.86 bits per heavy atom. The van der Waals surface area contributed by atoms with Crippen LogP contribution in [0.2, 0.25) is 0 Å². The normalized spacial score (nSPS) is 9.71. The minimum atomic E-state index is 0.197. The van der Waals surface area contributed by atoms with E-state index < -0.39 is 0 Å². The maximum absolute atomic E-state index is 10.2. The summed E-state index contributed by atoms with van der Waals surface area (Å²) >= 11 is 2.28. The molecule has 0 unspecified atom stereocenters. The van der Waals surface area contributed by atoms with E-state index in [2.05, 4.69) is 17.1 Å². The van der Waals surface area contributed by atoms with E-state index in [1.54, 1.807) is 10.7 Å². The number of Topliss-reactive ketones (excluding diaryl/α,β-unsaturated/α-hetero) is 1. The quantitative estimate of drug-likeness (QED) is 0.513. The van der Waals surface area contributed by atoms with E-state index in [0.717, 1.165) is 0 Å². The second-order valence-electron chi connectivity index (χ2n) is 1.52. The molecule has 0 spiro atoms. The van der Waals surface area contributed by atoms with Crippen molar-refractivity contribution in [2.45, 2.75) is 6.92 Å². The molecule has 3 heteroatoms. The molecular weight excluding hydrogens is 153 g/mol. The third-order valence-corrected chi connectivity index (χ3v) is 0.748. The molecular formula is C4H8AsNO. The Hall–Kier alpha value is 0.188. The van der Waals surface area contributed by atoms with Crippen LogP contribution < -0.4 is 0 Å². The van der Waals surface area contributed by atoms with Crippen LogP contribution >= 0.6 is 0 Å². The van der Waals surface area contributed by atoms with Crippen molar-refractivity contribution in [3.63, 3.8) is 0 Å². The van der Waals surface area contributed by atoms with Crippen molar-refractivity contribution >= 4 is 22.9 Å². The first-order valence-electron chi connectivity index (χ1n) is 2.02. The zero-order chi connectivity index (χ0) is 5.86. The summed E-state index contributed by atoms with van der Waals surface area (Å²) in [5.74, 6) is 0.197. The van der Waals surface area contributed by atoms with Crippen LogP contribution in [0, 0.1) is 0 Å². The Morgan fingerprint density at radius 3 is 2.29 bits per heavy atom. The van der Waals surface area contributed by atoms with Gasteiger partial charge in [0.05, 0.1) is 0 Å². The Kier molecular flexibility index (Phi) is 3.31. The Morgan fingerprint density at radius 2 is 2.29 bits per heavy atom. The Labute approximate surface area is 52.6 Å². The van der Waals surface area contributed by atoms with Gasteiger partial charge in [0.1, 0.15) is 0 Å². The molecule has 0 atom stereocenters. The van der Waals surface area contributed by atoms with Crippen molar-refractivity contribution < 1.29 is 4.79 Å². The van der Waals surface area contributed by atoms with Gasteiger partial charge in [-0.15, -0.1) is 0 Å². The van der Waals surface area contributed by atoms with Crippen molar-refractivity contribution in [1.82, 2.24) is 3.82 Å². The molecule has 0 aromatic rings. The van der Waals surface area contributed by atoms with E-state index in [1.165, 1.54) is 0 Å². The van der Waals surface area contributed by atoms with Gasteiger partial charge < -0.3 is 0 Å².